The Kier molecular flexibility index (Phi) is 3.78. The lowest BCUT2D eigenvalue weighted by molar-refractivity contribution is -0.129. The largest absolute Gasteiger partial charge is 0.347 e. The fourth-order valence-electron chi connectivity index (χ4n) is 1.25. The van der Waals surface area contributed by atoms with E-state index in [0.29, 0.717) is 5.56 Å². The van der Waals surface area contributed by atoms with Gasteiger partial charge in [-0.05, 0) is 0 Å². The van der Waals surface area contributed by atoms with Gasteiger partial charge in [-0.15, -0.1) is 0 Å². The standard InChI is InChI=1S/C12H12N2O2/c1-14(2)12(16)10(8-13)11(15)9-6-4-3-5-7-9/h3-7,10H,1-2H3. The number of hydrogen-bond donors (Lipinski definition) is 0. The number of benzene rings is 1. The van der Waals surface area contributed by atoms with Crippen LogP contribution in [-0.2, 0) is 4.79 Å². The predicted octanol–water partition coefficient (Wildman–Crippen LogP) is 1.10. The van der Waals surface area contributed by atoms with Crippen molar-refractivity contribution in [3.63, 3.8) is 0 Å². The van der Waals surface area contributed by atoms with Gasteiger partial charge < -0.3 is 4.90 Å². The molecular weight excluding hydrogens is 204 g/mol. The number of rotatable bonds is 3. The van der Waals surface area contributed by atoms with E-state index in [2.05, 4.69) is 0 Å². The van der Waals surface area contributed by atoms with Crippen LogP contribution in [-0.4, -0.2) is 30.7 Å². The van der Waals surface area contributed by atoms with E-state index >= 15 is 0 Å². The fraction of sp³-hybridized carbons (Fsp3) is 0.250. The number of hydrogen-bond acceptors (Lipinski definition) is 3. The summed E-state index contributed by atoms with van der Waals surface area (Å²) in [7, 11) is 3.04. The molecule has 0 saturated carbocycles. The van der Waals surface area contributed by atoms with E-state index < -0.39 is 17.6 Å². The third-order valence-electron chi connectivity index (χ3n) is 2.14. The van der Waals surface area contributed by atoms with E-state index in [1.165, 1.54) is 19.0 Å². The molecule has 1 aromatic rings. The zero-order valence-corrected chi connectivity index (χ0v) is 9.18. The van der Waals surface area contributed by atoms with Crippen molar-refractivity contribution in [2.24, 2.45) is 5.92 Å². The van der Waals surface area contributed by atoms with Gasteiger partial charge in [0.25, 0.3) is 0 Å². The quantitative estimate of drug-likeness (QED) is 0.561. The normalized spacial score (nSPS) is 11.3. The number of Topliss-reactive ketones (excluding diaryl/α,β-unsaturated/α-hetero) is 1. The van der Waals surface area contributed by atoms with Crippen molar-refractivity contribution in [3.8, 4) is 6.07 Å². The Labute approximate surface area is 94.1 Å². The summed E-state index contributed by atoms with van der Waals surface area (Å²) in [5.41, 5.74) is 0.379. The highest BCUT2D eigenvalue weighted by molar-refractivity contribution is 6.11. The second kappa shape index (κ2) is 5.08. The molecule has 0 N–H and O–H groups in total. The zero-order chi connectivity index (χ0) is 12.1. The second-order valence-electron chi connectivity index (χ2n) is 3.53. The first-order valence-corrected chi connectivity index (χ1v) is 4.78. The molecule has 0 aliphatic carbocycles. The van der Waals surface area contributed by atoms with Crippen LogP contribution >= 0.6 is 0 Å². The summed E-state index contributed by atoms with van der Waals surface area (Å²) >= 11 is 0. The van der Waals surface area contributed by atoms with Gasteiger partial charge >= 0.3 is 0 Å². The average Bonchev–Trinajstić information content (AvgIpc) is 2.30. The molecule has 0 radical (unpaired) electrons. The minimum Gasteiger partial charge on any atom is -0.347 e. The van der Waals surface area contributed by atoms with Crippen molar-refractivity contribution >= 4 is 11.7 Å². The number of amides is 1. The third-order valence-corrected chi connectivity index (χ3v) is 2.14. The molecule has 16 heavy (non-hydrogen) atoms. The summed E-state index contributed by atoms with van der Waals surface area (Å²) in [5, 5.41) is 8.86. The van der Waals surface area contributed by atoms with Gasteiger partial charge in [0, 0.05) is 19.7 Å². The Hall–Kier alpha value is -2.15. The monoisotopic (exact) mass is 216 g/mol. The molecule has 0 bridgehead atoms. The molecule has 1 atom stereocenters. The molecule has 1 amide bonds. The average molecular weight is 216 g/mol. The third kappa shape index (κ3) is 2.45. The number of nitrogens with zero attached hydrogens (tertiary/aromatic N) is 2. The molecule has 1 unspecified atom stereocenters. The Morgan fingerprint density at radius 3 is 2.25 bits per heavy atom. The summed E-state index contributed by atoms with van der Waals surface area (Å²) < 4.78 is 0. The minimum atomic E-state index is -1.25. The Bertz CT molecular complexity index is 432. The molecule has 0 saturated heterocycles. The maximum absolute atomic E-state index is 11.9. The second-order valence-corrected chi connectivity index (χ2v) is 3.53. The van der Waals surface area contributed by atoms with Crippen LogP contribution in [0.3, 0.4) is 0 Å². The number of ketones is 1. The molecule has 0 aromatic heterocycles. The highest BCUT2D eigenvalue weighted by atomic mass is 16.2. The molecule has 4 heteroatoms. The highest BCUT2D eigenvalue weighted by Gasteiger charge is 2.28. The molecule has 4 nitrogen and oxygen atoms in total. The van der Waals surface area contributed by atoms with Gasteiger partial charge in [0.15, 0.2) is 11.7 Å². The first-order chi connectivity index (χ1) is 7.57. The molecule has 0 fully saturated rings. The topological polar surface area (TPSA) is 61.2 Å². The molecule has 0 aliphatic rings. The Balaban J connectivity index is 2.97. The van der Waals surface area contributed by atoms with Crippen LogP contribution < -0.4 is 0 Å². The van der Waals surface area contributed by atoms with Gasteiger partial charge in [0.2, 0.25) is 5.91 Å². The maximum Gasteiger partial charge on any atom is 0.247 e. The predicted molar refractivity (Wildman–Crippen MR) is 58.6 cm³/mol. The fourth-order valence-corrected chi connectivity index (χ4v) is 1.25. The van der Waals surface area contributed by atoms with Gasteiger partial charge in [-0.1, -0.05) is 30.3 Å². The van der Waals surface area contributed by atoms with Crippen molar-refractivity contribution in [2.45, 2.75) is 0 Å². The van der Waals surface area contributed by atoms with Crippen molar-refractivity contribution < 1.29 is 9.59 Å². The van der Waals surface area contributed by atoms with E-state index in [1.807, 2.05) is 0 Å². The van der Waals surface area contributed by atoms with Crippen LogP contribution in [0.15, 0.2) is 30.3 Å². The first-order valence-electron chi connectivity index (χ1n) is 4.78. The van der Waals surface area contributed by atoms with E-state index in [1.54, 1.807) is 36.4 Å². The van der Waals surface area contributed by atoms with Crippen molar-refractivity contribution in [1.29, 1.82) is 5.26 Å². The van der Waals surface area contributed by atoms with Crippen LogP contribution in [0.5, 0.6) is 0 Å². The number of carbonyl (C=O) groups excluding carboxylic acids is 2. The van der Waals surface area contributed by atoms with Crippen molar-refractivity contribution in [2.75, 3.05) is 14.1 Å². The van der Waals surface area contributed by atoms with E-state index in [-0.39, 0.29) is 0 Å². The summed E-state index contributed by atoms with van der Waals surface area (Å²) in [6, 6.07) is 10.1. The van der Waals surface area contributed by atoms with Gasteiger partial charge in [-0.3, -0.25) is 9.59 Å². The molecule has 82 valence electrons. The Morgan fingerprint density at radius 1 is 1.25 bits per heavy atom. The van der Waals surface area contributed by atoms with E-state index in [0.717, 1.165) is 0 Å². The SMILES string of the molecule is CN(C)C(=O)C(C#N)C(=O)c1ccccc1. The lowest BCUT2D eigenvalue weighted by atomic mass is 9.98. The lowest BCUT2D eigenvalue weighted by Gasteiger charge is -2.13. The molecule has 1 aromatic carbocycles. The minimum absolute atomic E-state index is 0.379. The molecule has 0 spiro atoms. The van der Waals surface area contributed by atoms with Gasteiger partial charge in [-0.25, -0.2) is 0 Å². The van der Waals surface area contributed by atoms with Gasteiger partial charge in [-0.2, -0.15) is 5.26 Å². The zero-order valence-electron chi connectivity index (χ0n) is 9.18. The highest BCUT2D eigenvalue weighted by Crippen LogP contribution is 2.10. The van der Waals surface area contributed by atoms with Crippen LogP contribution in [0.2, 0.25) is 0 Å². The molecule has 0 heterocycles. The van der Waals surface area contributed by atoms with Gasteiger partial charge in [0.1, 0.15) is 0 Å². The smallest absolute Gasteiger partial charge is 0.247 e. The summed E-state index contributed by atoms with van der Waals surface area (Å²) in [6.07, 6.45) is 0. The van der Waals surface area contributed by atoms with Crippen molar-refractivity contribution in [1.82, 2.24) is 4.90 Å². The Morgan fingerprint density at radius 2 is 1.81 bits per heavy atom. The molecule has 0 aliphatic heterocycles. The molecule has 1 rings (SSSR count). The number of nitriles is 1. The van der Waals surface area contributed by atoms with E-state index in [9.17, 15) is 9.59 Å². The van der Waals surface area contributed by atoms with Crippen LogP contribution in [0.25, 0.3) is 0 Å². The van der Waals surface area contributed by atoms with Crippen LogP contribution in [0, 0.1) is 17.2 Å². The summed E-state index contributed by atoms with van der Waals surface area (Å²) in [4.78, 5) is 24.7. The summed E-state index contributed by atoms with van der Waals surface area (Å²) in [5.74, 6) is -2.20. The van der Waals surface area contributed by atoms with Crippen molar-refractivity contribution in [3.05, 3.63) is 35.9 Å². The van der Waals surface area contributed by atoms with Crippen LogP contribution in [0.4, 0.5) is 0 Å². The maximum atomic E-state index is 11.9. The molecular formula is C12H12N2O2. The van der Waals surface area contributed by atoms with Crippen LogP contribution in [0.1, 0.15) is 10.4 Å². The van der Waals surface area contributed by atoms with Gasteiger partial charge in [0.05, 0.1) is 6.07 Å². The number of carbonyl (C=O) groups is 2. The summed E-state index contributed by atoms with van der Waals surface area (Å²) in [6.45, 7) is 0. The van der Waals surface area contributed by atoms with E-state index in [4.69, 9.17) is 5.26 Å². The lowest BCUT2D eigenvalue weighted by Crippen LogP contribution is -2.33. The first kappa shape index (κ1) is 11.9.